The number of aromatic nitrogens is 3. The summed E-state index contributed by atoms with van der Waals surface area (Å²) in [5.41, 5.74) is 12.1. The van der Waals surface area contributed by atoms with Crippen LogP contribution < -0.4 is 11.5 Å². The second-order valence-electron chi connectivity index (χ2n) is 3.21. The van der Waals surface area contributed by atoms with E-state index in [1.165, 1.54) is 0 Å². The highest BCUT2D eigenvalue weighted by atomic mass is 15.4. The Morgan fingerprint density at radius 3 is 2.59 bits per heavy atom. The number of guanidine groups is 1. The van der Waals surface area contributed by atoms with Gasteiger partial charge in [0.05, 0.1) is 24.3 Å². The van der Waals surface area contributed by atoms with Crippen LogP contribution in [0.2, 0.25) is 0 Å². The summed E-state index contributed by atoms with van der Waals surface area (Å²) in [6.45, 7) is 0. The van der Waals surface area contributed by atoms with Gasteiger partial charge in [-0.25, -0.2) is 4.68 Å². The van der Waals surface area contributed by atoms with Crippen LogP contribution in [0, 0.1) is 0 Å². The lowest BCUT2D eigenvalue weighted by molar-refractivity contribution is 0.803. The molecule has 4 N–H and O–H groups in total. The normalized spacial score (nSPS) is 10.6. The number of nitrogens with zero attached hydrogens (tertiary/aromatic N) is 5. The summed E-state index contributed by atoms with van der Waals surface area (Å²) in [6.07, 6.45) is 4.95. The van der Waals surface area contributed by atoms with E-state index in [9.17, 15) is 0 Å². The summed E-state index contributed by atoms with van der Waals surface area (Å²) < 4.78 is 1.66. The van der Waals surface area contributed by atoms with Gasteiger partial charge in [-0.3, -0.25) is 0 Å². The van der Waals surface area contributed by atoms with Gasteiger partial charge in [-0.05, 0) is 17.7 Å². The van der Waals surface area contributed by atoms with E-state index < -0.39 is 0 Å². The molecule has 2 aromatic rings. The van der Waals surface area contributed by atoms with Crippen molar-refractivity contribution in [3.05, 3.63) is 42.2 Å². The van der Waals surface area contributed by atoms with Gasteiger partial charge in [0, 0.05) is 0 Å². The molecule has 0 bridgehead atoms. The number of benzene rings is 1. The van der Waals surface area contributed by atoms with Crippen LogP contribution in [-0.2, 0) is 0 Å². The summed E-state index contributed by atoms with van der Waals surface area (Å²) in [5, 5.41) is 14.8. The summed E-state index contributed by atoms with van der Waals surface area (Å²) in [4.78, 5) is 0. The van der Waals surface area contributed by atoms with E-state index in [1.807, 2.05) is 24.3 Å². The zero-order valence-electron chi connectivity index (χ0n) is 8.93. The number of rotatable bonds is 3. The standard InChI is InChI=1S/C10H11N7/c11-10(12)15-14-7-8-1-3-9(4-2-8)17-6-5-13-16-17/h1-7H,(H4,11,12,15)/b14-7-. The van der Waals surface area contributed by atoms with Gasteiger partial charge in [0.25, 0.3) is 0 Å². The maximum atomic E-state index is 5.14. The molecule has 86 valence electrons. The lowest BCUT2D eigenvalue weighted by atomic mass is 10.2. The van der Waals surface area contributed by atoms with Gasteiger partial charge in [0.2, 0.25) is 5.96 Å². The van der Waals surface area contributed by atoms with Gasteiger partial charge in [-0.1, -0.05) is 17.3 Å². The Labute approximate surface area is 97.5 Å². The Hall–Kier alpha value is -2.70. The SMILES string of the molecule is NC(N)=N/N=C\c1ccc(-n2ccnn2)cc1. The molecule has 0 spiro atoms. The Balaban J connectivity index is 2.14. The zero-order chi connectivity index (χ0) is 12.1. The Morgan fingerprint density at radius 1 is 1.24 bits per heavy atom. The Kier molecular flexibility index (Phi) is 3.10. The highest BCUT2D eigenvalue weighted by Gasteiger charge is 1.95. The molecule has 0 unspecified atom stereocenters. The Morgan fingerprint density at radius 2 is 2.00 bits per heavy atom. The monoisotopic (exact) mass is 229 g/mol. The molecule has 1 aromatic heterocycles. The summed E-state index contributed by atoms with van der Waals surface area (Å²) in [7, 11) is 0. The van der Waals surface area contributed by atoms with Gasteiger partial charge in [-0.2, -0.15) is 5.10 Å². The second-order valence-corrected chi connectivity index (χ2v) is 3.21. The van der Waals surface area contributed by atoms with Gasteiger partial charge < -0.3 is 11.5 Å². The highest BCUT2D eigenvalue weighted by Crippen LogP contribution is 2.06. The number of hydrogen-bond donors (Lipinski definition) is 2. The molecule has 0 saturated heterocycles. The predicted octanol–water partition coefficient (Wildman–Crippen LogP) is -0.125. The first-order valence-electron chi connectivity index (χ1n) is 4.84. The van der Waals surface area contributed by atoms with Crippen molar-refractivity contribution in [2.24, 2.45) is 21.7 Å². The van der Waals surface area contributed by atoms with E-state index in [0.717, 1.165) is 11.3 Å². The molecular formula is C10H11N7. The molecule has 0 aliphatic carbocycles. The average molecular weight is 229 g/mol. The van der Waals surface area contributed by atoms with Gasteiger partial charge >= 0.3 is 0 Å². The lowest BCUT2D eigenvalue weighted by Crippen LogP contribution is -2.21. The van der Waals surface area contributed by atoms with Crippen LogP contribution in [0.3, 0.4) is 0 Å². The van der Waals surface area contributed by atoms with Crippen molar-refractivity contribution in [2.45, 2.75) is 0 Å². The Bertz CT molecular complexity index is 520. The third kappa shape index (κ3) is 2.88. The minimum atomic E-state index is -0.0690. The molecule has 2 rings (SSSR count). The van der Waals surface area contributed by atoms with Gasteiger partial charge in [0.1, 0.15) is 0 Å². The van der Waals surface area contributed by atoms with Crippen molar-refractivity contribution < 1.29 is 0 Å². The van der Waals surface area contributed by atoms with E-state index in [0.29, 0.717) is 0 Å². The molecule has 0 saturated carbocycles. The molecule has 0 radical (unpaired) electrons. The van der Waals surface area contributed by atoms with Crippen molar-refractivity contribution in [3.63, 3.8) is 0 Å². The van der Waals surface area contributed by atoms with E-state index in [-0.39, 0.29) is 5.96 Å². The molecule has 0 aliphatic rings. The molecule has 0 fully saturated rings. The van der Waals surface area contributed by atoms with Crippen LogP contribution in [0.4, 0.5) is 0 Å². The van der Waals surface area contributed by atoms with Crippen molar-refractivity contribution in [1.82, 2.24) is 15.0 Å². The van der Waals surface area contributed by atoms with Crippen molar-refractivity contribution in [1.29, 1.82) is 0 Å². The van der Waals surface area contributed by atoms with Crippen LogP contribution in [0.1, 0.15) is 5.56 Å². The first kappa shape index (κ1) is 10.8. The lowest BCUT2D eigenvalue weighted by Gasteiger charge is -1.99. The molecule has 0 amide bonds. The fourth-order valence-corrected chi connectivity index (χ4v) is 1.22. The molecular weight excluding hydrogens is 218 g/mol. The maximum Gasteiger partial charge on any atom is 0.211 e. The molecule has 17 heavy (non-hydrogen) atoms. The third-order valence-electron chi connectivity index (χ3n) is 1.96. The first-order chi connectivity index (χ1) is 8.25. The highest BCUT2D eigenvalue weighted by molar-refractivity contribution is 5.81. The molecule has 1 aromatic carbocycles. The molecule has 0 aliphatic heterocycles. The molecule has 0 atom stereocenters. The van der Waals surface area contributed by atoms with E-state index in [4.69, 9.17) is 11.5 Å². The van der Waals surface area contributed by atoms with E-state index >= 15 is 0 Å². The fraction of sp³-hybridized carbons (Fsp3) is 0. The smallest absolute Gasteiger partial charge is 0.211 e. The van der Waals surface area contributed by atoms with E-state index in [1.54, 1.807) is 23.3 Å². The second kappa shape index (κ2) is 4.88. The van der Waals surface area contributed by atoms with E-state index in [2.05, 4.69) is 20.5 Å². The summed E-state index contributed by atoms with van der Waals surface area (Å²) in [5.74, 6) is -0.0690. The zero-order valence-corrected chi connectivity index (χ0v) is 8.93. The van der Waals surface area contributed by atoms with Gasteiger partial charge in [-0.15, -0.1) is 10.2 Å². The van der Waals surface area contributed by atoms with Crippen molar-refractivity contribution in [2.75, 3.05) is 0 Å². The van der Waals surface area contributed by atoms with Crippen molar-refractivity contribution in [3.8, 4) is 5.69 Å². The third-order valence-corrected chi connectivity index (χ3v) is 1.96. The van der Waals surface area contributed by atoms with Crippen LogP contribution in [0.5, 0.6) is 0 Å². The van der Waals surface area contributed by atoms with Crippen molar-refractivity contribution >= 4 is 12.2 Å². The molecule has 1 heterocycles. The number of hydrogen-bond acceptors (Lipinski definition) is 4. The molecule has 7 heteroatoms. The minimum Gasteiger partial charge on any atom is -0.369 e. The number of nitrogens with two attached hydrogens (primary N) is 2. The largest absolute Gasteiger partial charge is 0.369 e. The van der Waals surface area contributed by atoms with Crippen LogP contribution >= 0.6 is 0 Å². The fourth-order valence-electron chi connectivity index (χ4n) is 1.22. The summed E-state index contributed by atoms with van der Waals surface area (Å²) >= 11 is 0. The minimum absolute atomic E-state index is 0.0690. The first-order valence-corrected chi connectivity index (χ1v) is 4.84. The summed E-state index contributed by atoms with van der Waals surface area (Å²) in [6, 6.07) is 7.54. The topological polar surface area (TPSA) is 107 Å². The van der Waals surface area contributed by atoms with Gasteiger partial charge in [0.15, 0.2) is 0 Å². The van der Waals surface area contributed by atoms with Crippen LogP contribution in [-0.4, -0.2) is 27.2 Å². The quantitative estimate of drug-likeness (QED) is 0.434. The maximum absolute atomic E-state index is 5.14. The predicted molar refractivity (Wildman–Crippen MR) is 64.8 cm³/mol. The van der Waals surface area contributed by atoms with Crippen LogP contribution in [0.15, 0.2) is 46.9 Å². The average Bonchev–Trinajstić information content (AvgIpc) is 2.83. The molecule has 7 nitrogen and oxygen atoms in total. The van der Waals surface area contributed by atoms with Crippen LogP contribution in [0.25, 0.3) is 5.69 Å².